The van der Waals surface area contributed by atoms with Crippen LogP contribution >= 0.6 is 0 Å². The minimum atomic E-state index is -0.347. The Labute approximate surface area is 135 Å². The van der Waals surface area contributed by atoms with Gasteiger partial charge in [-0.3, -0.25) is 4.79 Å². The molecular formula is C18H20N2O3. The lowest BCUT2D eigenvalue weighted by Gasteiger charge is -2.12. The standard InChI is InChI=1S/C18H20N2O3/c1-13(2)16-8-3-4-9-17(16)23-12-18(22)20-19-11-14-6-5-7-15(21)10-14/h3-11,13,21H,12H2,1-2H3,(H,20,22). The van der Waals surface area contributed by atoms with Crippen molar-refractivity contribution >= 4 is 12.1 Å². The summed E-state index contributed by atoms with van der Waals surface area (Å²) in [5.41, 5.74) is 4.14. The summed E-state index contributed by atoms with van der Waals surface area (Å²) in [4.78, 5) is 11.8. The number of hydrogen-bond acceptors (Lipinski definition) is 4. The maximum absolute atomic E-state index is 11.8. The molecule has 0 unspecified atom stereocenters. The maximum Gasteiger partial charge on any atom is 0.277 e. The normalized spacial score (nSPS) is 10.9. The van der Waals surface area contributed by atoms with E-state index in [1.54, 1.807) is 24.3 Å². The number of phenolic OH excluding ortho intramolecular Hbond substituents is 1. The number of ether oxygens (including phenoxy) is 1. The summed E-state index contributed by atoms with van der Waals surface area (Å²) in [6, 6.07) is 14.2. The van der Waals surface area contributed by atoms with E-state index in [1.807, 2.05) is 24.3 Å². The lowest BCUT2D eigenvalue weighted by molar-refractivity contribution is -0.123. The molecule has 0 saturated carbocycles. The fourth-order valence-corrected chi connectivity index (χ4v) is 2.05. The first kappa shape index (κ1) is 16.5. The number of para-hydroxylation sites is 1. The van der Waals surface area contributed by atoms with Crippen LogP contribution in [0.5, 0.6) is 11.5 Å². The molecule has 0 aromatic heterocycles. The van der Waals surface area contributed by atoms with Gasteiger partial charge in [0.1, 0.15) is 11.5 Å². The van der Waals surface area contributed by atoms with Gasteiger partial charge < -0.3 is 9.84 Å². The molecule has 2 aromatic rings. The highest BCUT2D eigenvalue weighted by Gasteiger charge is 2.08. The molecule has 0 radical (unpaired) electrons. The summed E-state index contributed by atoms with van der Waals surface area (Å²) < 4.78 is 5.56. The summed E-state index contributed by atoms with van der Waals surface area (Å²) in [6.45, 7) is 4.03. The zero-order valence-corrected chi connectivity index (χ0v) is 13.2. The van der Waals surface area contributed by atoms with E-state index in [0.717, 1.165) is 5.56 Å². The summed E-state index contributed by atoms with van der Waals surface area (Å²) in [6.07, 6.45) is 1.46. The maximum atomic E-state index is 11.8. The number of hydrogen-bond donors (Lipinski definition) is 2. The van der Waals surface area contributed by atoms with Crippen LogP contribution in [0.4, 0.5) is 0 Å². The molecule has 5 nitrogen and oxygen atoms in total. The highest BCUT2D eigenvalue weighted by Crippen LogP contribution is 2.25. The number of aromatic hydroxyl groups is 1. The molecule has 0 fully saturated rings. The van der Waals surface area contributed by atoms with E-state index in [9.17, 15) is 9.90 Å². The number of hydrazone groups is 1. The fourth-order valence-electron chi connectivity index (χ4n) is 2.05. The Bertz CT molecular complexity index is 696. The molecular weight excluding hydrogens is 292 g/mol. The predicted octanol–water partition coefficient (Wildman–Crippen LogP) is 3.04. The van der Waals surface area contributed by atoms with Crippen molar-refractivity contribution in [1.82, 2.24) is 5.43 Å². The lowest BCUT2D eigenvalue weighted by Crippen LogP contribution is -2.24. The molecule has 2 N–H and O–H groups in total. The van der Waals surface area contributed by atoms with E-state index in [-0.39, 0.29) is 18.3 Å². The lowest BCUT2D eigenvalue weighted by atomic mass is 10.0. The largest absolute Gasteiger partial charge is 0.508 e. The molecule has 0 spiro atoms. The quantitative estimate of drug-likeness (QED) is 0.636. The fraction of sp³-hybridized carbons (Fsp3) is 0.222. The monoisotopic (exact) mass is 312 g/mol. The van der Waals surface area contributed by atoms with Crippen LogP contribution in [-0.2, 0) is 4.79 Å². The van der Waals surface area contributed by atoms with Gasteiger partial charge in [0.2, 0.25) is 0 Å². The van der Waals surface area contributed by atoms with Gasteiger partial charge in [0.05, 0.1) is 6.21 Å². The first-order chi connectivity index (χ1) is 11.1. The van der Waals surface area contributed by atoms with Gasteiger partial charge in [-0.05, 0) is 35.2 Å². The number of amides is 1. The number of nitrogens with one attached hydrogen (secondary N) is 1. The molecule has 23 heavy (non-hydrogen) atoms. The number of nitrogens with zero attached hydrogens (tertiary/aromatic N) is 1. The molecule has 5 heteroatoms. The van der Waals surface area contributed by atoms with E-state index in [1.165, 1.54) is 6.21 Å². The van der Waals surface area contributed by atoms with Crippen molar-refractivity contribution in [1.29, 1.82) is 0 Å². The van der Waals surface area contributed by atoms with Gasteiger partial charge in [0.15, 0.2) is 6.61 Å². The Kier molecular flexibility index (Phi) is 5.74. The Morgan fingerprint density at radius 1 is 1.26 bits per heavy atom. The van der Waals surface area contributed by atoms with Crippen LogP contribution in [0.25, 0.3) is 0 Å². The molecule has 0 heterocycles. The van der Waals surface area contributed by atoms with E-state index >= 15 is 0 Å². The minimum Gasteiger partial charge on any atom is -0.508 e. The molecule has 0 aliphatic rings. The Hall–Kier alpha value is -2.82. The summed E-state index contributed by atoms with van der Waals surface area (Å²) in [5.74, 6) is 0.821. The SMILES string of the molecule is CC(C)c1ccccc1OCC(=O)NN=Cc1cccc(O)c1. The van der Waals surface area contributed by atoms with Crippen molar-refractivity contribution in [3.63, 3.8) is 0 Å². The van der Waals surface area contributed by atoms with Crippen LogP contribution in [0.15, 0.2) is 53.6 Å². The van der Waals surface area contributed by atoms with Crippen molar-refractivity contribution in [2.75, 3.05) is 6.61 Å². The topological polar surface area (TPSA) is 70.9 Å². The summed E-state index contributed by atoms with van der Waals surface area (Å²) in [5, 5.41) is 13.2. The van der Waals surface area contributed by atoms with Gasteiger partial charge in [-0.1, -0.05) is 44.2 Å². The average molecular weight is 312 g/mol. The van der Waals surface area contributed by atoms with Crippen LogP contribution in [0.3, 0.4) is 0 Å². The number of rotatable bonds is 6. The van der Waals surface area contributed by atoms with Gasteiger partial charge in [-0.25, -0.2) is 5.43 Å². The second kappa shape index (κ2) is 7.98. The minimum absolute atomic E-state index is 0.110. The van der Waals surface area contributed by atoms with Gasteiger partial charge in [-0.15, -0.1) is 0 Å². The molecule has 0 aliphatic heterocycles. The van der Waals surface area contributed by atoms with Gasteiger partial charge in [0.25, 0.3) is 5.91 Å². The molecule has 0 saturated heterocycles. The molecule has 0 aliphatic carbocycles. The number of carbonyl (C=O) groups excluding carboxylic acids is 1. The third-order valence-corrected chi connectivity index (χ3v) is 3.17. The molecule has 1 amide bonds. The molecule has 2 aromatic carbocycles. The first-order valence-electron chi connectivity index (χ1n) is 7.39. The van der Waals surface area contributed by atoms with Crippen LogP contribution in [0.2, 0.25) is 0 Å². The highest BCUT2D eigenvalue weighted by atomic mass is 16.5. The van der Waals surface area contributed by atoms with Crippen molar-refractivity contribution in [3.8, 4) is 11.5 Å². The van der Waals surface area contributed by atoms with E-state index < -0.39 is 0 Å². The zero-order chi connectivity index (χ0) is 16.7. The smallest absolute Gasteiger partial charge is 0.277 e. The van der Waals surface area contributed by atoms with Crippen LogP contribution in [-0.4, -0.2) is 23.8 Å². The number of phenols is 1. The van der Waals surface area contributed by atoms with Crippen LogP contribution in [0, 0.1) is 0 Å². The molecule has 120 valence electrons. The third kappa shape index (κ3) is 5.14. The van der Waals surface area contributed by atoms with Crippen molar-refractivity contribution in [2.24, 2.45) is 5.10 Å². The predicted molar refractivity (Wildman–Crippen MR) is 89.9 cm³/mol. The van der Waals surface area contributed by atoms with Crippen molar-refractivity contribution < 1.29 is 14.6 Å². The Balaban J connectivity index is 1.86. The van der Waals surface area contributed by atoms with Gasteiger partial charge in [-0.2, -0.15) is 5.10 Å². The average Bonchev–Trinajstić information content (AvgIpc) is 2.53. The molecule has 0 bridgehead atoms. The summed E-state index contributed by atoms with van der Waals surface area (Å²) in [7, 11) is 0. The van der Waals surface area contributed by atoms with Crippen LogP contribution < -0.4 is 10.2 Å². The first-order valence-corrected chi connectivity index (χ1v) is 7.39. The molecule has 0 atom stereocenters. The Morgan fingerprint density at radius 2 is 2.04 bits per heavy atom. The Morgan fingerprint density at radius 3 is 2.78 bits per heavy atom. The van der Waals surface area contributed by atoms with Gasteiger partial charge >= 0.3 is 0 Å². The molecule has 2 rings (SSSR count). The van der Waals surface area contributed by atoms with Crippen molar-refractivity contribution in [3.05, 3.63) is 59.7 Å². The van der Waals surface area contributed by atoms with E-state index in [0.29, 0.717) is 17.2 Å². The zero-order valence-electron chi connectivity index (χ0n) is 13.2. The van der Waals surface area contributed by atoms with Crippen molar-refractivity contribution in [2.45, 2.75) is 19.8 Å². The third-order valence-electron chi connectivity index (χ3n) is 3.17. The number of carbonyl (C=O) groups is 1. The van der Waals surface area contributed by atoms with Crippen LogP contribution in [0.1, 0.15) is 30.9 Å². The number of benzene rings is 2. The van der Waals surface area contributed by atoms with Gasteiger partial charge in [0, 0.05) is 0 Å². The second-order valence-corrected chi connectivity index (χ2v) is 5.37. The summed E-state index contributed by atoms with van der Waals surface area (Å²) >= 11 is 0. The van der Waals surface area contributed by atoms with E-state index in [4.69, 9.17) is 4.74 Å². The second-order valence-electron chi connectivity index (χ2n) is 5.37. The highest BCUT2D eigenvalue weighted by molar-refractivity contribution is 5.83. The van der Waals surface area contributed by atoms with E-state index in [2.05, 4.69) is 24.4 Å².